The van der Waals surface area contributed by atoms with Crippen molar-refractivity contribution >= 4 is 5.82 Å². The molecule has 19 heavy (non-hydrogen) atoms. The average molecular weight is 274 g/mol. The van der Waals surface area contributed by atoms with Crippen LogP contribution in [0.4, 0.5) is 19.0 Å². The molecule has 1 N–H and O–H groups in total. The first-order chi connectivity index (χ1) is 8.80. The molecule has 0 aliphatic heterocycles. The fourth-order valence-electron chi connectivity index (χ4n) is 2.52. The molecule has 6 heteroatoms. The maximum Gasteiger partial charge on any atom is 0.416 e. The van der Waals surface area contributed by atoms with E-state index in [1.54, 1.807) is 11.9 Å². The van der Waals surface area contributed by atoms with Crippen LogP contribution in [0, 0.1) is 0 Å². The molecule has 0 unspecified atom stereocenters. The van der Waals surface area contributed by atoms with Crippen LogP contribution < -0.4 is 4.90 Å². The summed E-state index contributed by atoms with van der Waals surface area (Å²) in [6, 6.07) is 1.96. The average Bonchev–Trinajstić information content (AvgIpc) is 2.75. The molecule has 1 heterocycles. The Balaban J connectivity index is 2.13. The number of hydrogen-bond donors (Lipinski definition) is 1. The van der Waals surface area contributed by atoms with E-state index in [9.17, 15) is 18.3 Å². The molecule has 0 bridgehead atoms. The molecule has 0 saturated heterocycles. The Kier molecular flexibility index (Phi) is 3.71. The van der Waals surface area contributed by atoms with Crippen molar-refractivity contribution in [2.45, 2.75) is 37.5 Å². The third-order valence-corrected chi connectivity index (χ3v) is 3.53. The van der Waals surface area contributed by atoms with E-state index >= 15 is 0 Å². The minimum Gasteiger partial charge on any atom is -0.388 e. The van der Waals surface area contributed by atoms with Crippen molar-refractivity contribution in [3.05, 3.63) is 23.9 Å². The van der Waals surface area contributed by atoms with E-state index in [0.29, 0.717) is 19.4 Å². The molecule has 0 aromatic carbocycles. The molecular weight excluding hydrogens is 257 g/mol. The molecule has 2 rings (SSSR count). The van der Waals surface area contributed by atoms with E-state index in [1.807, 2.05) is 0 Å². The summed E-state index contributed by atoms with van der Waals surface area (Å²) in [6.45, 7) is 0.307. The molecule has 1 saturated carbocycles. The fourth-order valence-corrected chi connectivity index (χ4v) is 2.52. The highest BCUT2D eigenvalue weighted by atomic mass is 19.4. The van der Waals surface area contributed by atoms with E-state index in [2.05, 4.69) is 4.98 Å². The summed E-state index contributed by atoms with van der Waals surface area (Å²) in [6.07, 6.45) is 0.0729. The molecule has 1 aliphatic carbocycles. The Morgan fingerprint density at radius 3 is 2.58 bits per heavy atom. The van der Waals surface area contributed by atoms with E-state index in [0.717, 1.165) is 31.2 Å². The zero-order valence-corrected chi connectivity index (χ0v) is 10.7. The number of aliphatic hydroxyl groups is 1. The van der Waals surface area contributed by atoms with Crippen molar-refractivity contribution in [3.8, 4) is 0 Å². The number of pyridine rings is 1. The van der Waals surface area contributed by atoms with Crippen LogP contribution in [0.15, 0.2) is 18.3 Å². The molecule has 1 aromatic rings. The maximum atomic E-state index is 12.6. The van der Waals surface area contributed by atoms with Gasteiger partial charge in [-0.15, -0.1) is 0 Å². The monoisotopic (exact) mass is 274 g/mol. The van der Waals surface area contributed by atoms with E-state index in [4.69, 9.17) is 0 Å². The van der Waals surface area contributed by atoms with Crippen molar-refractivity contribution in [2.24, 2.45) is 0 Å². The quantitative estimate of drug-likeness (QED) is 0.920. The Hall–Kier alpha value is -1.30. The van der Waals surface area contributed by atoms with Crippen LogP contribution in [-0.2, 0) is 6.18 Å². The summed E-state index contributed by atoms with van der Waals surface area (Å²) in [5.74, 6) is 0.232. The van der Waals surface area contributed by atoms with Gasteiger partial charge < -0.3 is 10.0 Å². The topological polar surface area (TPSA) is 36.4 Å². The lowest BCUT2D eigenvalue weighted by molar-refractivity contribution is -0.137. The number of likely N-dealkylation sites (N-methyl/N-ethyl adjacent to an activating group) is 1. The lowest BCUT2D eigenvalue weighted by atomic mass is 10.0. The summed E-state index contributed by atoms with van der Waals surface area (Å²) in [7, 11) is 1.65. The molecule has 0 radical (unpaired) electrons. The highest BCUT2D eigenvalue weighted by Crippen LogP contribution is 2.33. The summed E-state index contributed by atoms with van der Waals surface area (Å²) in [5, 5.41) is 10.3. The Bertz CT molecular complexity index is 442. The number of halogens is 3. The van der Waals surface area contributed by atoms with Crippen molar-refractivity contribution in [1.29, 1.82) is 0 Å². The third-order valence-electron chi connectivity index (χ3n) is 3.53. The summed E-state index contributed by atoms with van der Waals surface area (Å²) in [5.41, 5.74) is -1.52. The SMILES string of the molecule is CN(CC1(O)CCCC1)c1cc(C(F)(F)F)ccn1. The van der Waals surface area contributed by atoms with E-state index < -0.39 is 17.3 Å². The number of aromatic nitrogens is 1. The lowest BCUT2D eigenvalue weighted by Gasteiger charge is -2.29. The van der Waals surface area contributed by atoms with Crippen molar-refractivity contribution in [1.82, 2.24) is 4.98 Å². The predicted molar refractivity (Wildman–Crippen MR) is 65.9 cm³/mol. The second-order valence-electron chi connectivity index (χ2n) is 5.19. The van der Waals surface area contributed by atoms with Crippen molar-refractivity contribution in [3.63, 3.8) is 0 Å². The minimum atomic E-state index is -4.37. The van der Waals surface area contributed by atoms with Crippen LogP contribution in [0.1, 0.15) is 31.2 Å². The zero-order chi connectivity index (χ0) is 14.1. The Morgan fingerprint density at radius 2 is 2.00 bits per heavy atom. The van der Waals surface area contributed by atoms with Gasteiger partial charge in [-0.1, -0.05) is 12.8 Å². The van der Waals surface area contributed by atoms with Crippen LogP contribution in [0.5, 0.6) is 0 Å². The Morgan fingerprint density at radius 1 is 1.37 bits per heavy atom. The first-order valence-corrected chi connectivity index (χ1v) is 6.27. The standard InChI is InChI=1S/C13H17F3N2O/c1-18(9-12(19)5-2-3-6-12)11-8-10(4-7-17-11)13(14,15)16/h4,7-8,19H,2-3,5-6,9H2,1H3. The van der Waals surface area contributed by atoms with E-state index in [-0.39, 0.29) is 5.82 Å². The number of anilines is 1. The fraction of sp³-hybridized carbons (Fsp3) is 0.615. The van der Waals surface area contributed by atoms with Gasteiger partial charge in [-0.3, -0.25) is 0 Å². The number of nitrogens with zero attached hydrogens (tertiary/aromatic N) is 2. The van der Waals surface area contributed by atoms with Gasteiger partial charge in [0.1, 0.15) is 5.82 Å². The van der Waals surface area contributed by atoms with Gasteiger partial charge in [-0.05, 0) is 25.0 Å². The summed E-state index contributed by atoms with van der Waals surface area (Å²) < 4.78 is 37.8. The van der Waals surface area contributed by atoms with Gasteiger partial charge >= 0.3 is 6.18 Å². The smallest absolute Gasteiger partial charge is 0.388 e. The van der Waals surface area contributed by atoms with Gasteiger partial charge in [0.2, 0.25) is 0 Å². The molecule has 0 amide bonds. The Labute approximate surface area is 110 Å². The van der Waals surface area contributed by atoms with Crippen LogP contribution in [-0.4, -0.2) is 29.3 Å². The number of hydrogen-bond acceptors (Lipinski definition) is 3. The lowest BCUT2D eigenvalue weighted by Crippen LogP contribution is -2.39. The van der Waals surface area contributed by atoms with Crippen molar-refractivity contribution in [2.75, 3.05) is 18.5 Å². The van der Waals surface area contributed by atoms with Gasteiger partial charge in [0.15, 0.2) is 0 Å². The molecule has 3 nitrogen and oxygen atoms in total. The van der Waals surface area contributed by atoms with Gasteiger partial charge in [0.25, 0.3) is 0 Å². The molecule has 106 valence electrons. The predicted octanol–water partition coefficient (Wildman–Crippen LogP) is 2.84. The molecule has 0 atom stereocenters. The molecule has 1 aliphatic rings. The second kappa shape index (κ2) is 5.00. The molecule has 1 aromatic heterocycles. The largest absolute Gasteiger partial charge is 0.416 e. The van der Waals surface area contributed by atoms with Crippen LogP contribution in [0.25, 0.3) is 0 Å². The van der Waals surface area contributed by atoms with Gasteiger partial charge in [0, 0.05) is 19.8 Å². The minimum absolute atomic E-state index is 0.232. The maximum absolute atomic E-state index is 12.6. The van der Waals surface area contributed by atoms with Crippen LogP contribution in [0.2, 0.25) is 0 Å². The summed E-state index contributed by atoms with van der Waals surface area (Å²) >= 11 is 0. The second-order valence-corrected chi connectivity index (χ2v) is 5.19. The highest BCUT2D eigenvalue weighted by molar-refractivity contribution is 5.41. The van der Waals surface area contributed by atoms with Crippen LogP contribution >= 0.6 is 0 Å². The van der Waals surface area contributed by atoms with Crippen molar-refractivity contribution < 1.29 is 18.3 Å². The first kappa shape index (κ1) is 14.1. The number of rotatable bonds is 3. The first-order valence-electron chi connectivity index (χ1n) is 6.27. The zero-order valence-electron chi connectivity index (χ0n) is 10.7. The molecule has 0 spiro atoms. The van der Waals surface area contributed by atoms with Gasteiger partial charge in [-0.2, -0.15) is 13.2 Å². The third kappa shape index (κ3) is 3.37. The highest BCUT2D eigenvalue weighted by Gasteiger charge is 2.34. The number of alkyl halides is 3. The van der Waals surface area contributed by atoms with Gasteiger partial charge in [0.05, 0.1) is 11.2 Å². The van der Waals surface area contributed by atoms with Crippen LogP contribution in [0.3, 0.4) is 0 Å². The van der Waals surface area contributed by atoms with E-state index in [1.165, 1.54) is 0 Å². The molecule has 1 fully saturated rings. The molecular formula is C13H17F3N2O. The normalized spacial score (nSPS) is 18.6. The van der Waals surface area contributed by atoms with Gasteiger partial charge in [-0.25, -0.2) is 4.98 Å². The summed E-state index contributed by atoms with van der Waals surface area (Å²) in [4.78, 5) is 5.52.